The molecular formula is C10H21NO2S. The van der Waals surface area contributed by atoms with Crippen molar-refractivity contribution in [3.63, 3.8) is 0 Å². The van der Waals surface area contributed by atoms with Gasteiger partial charge >= 0.3 is 0 Å². The third kappa shape index (κ3) is 3.77. The monoisotopic (exact) mass is 219 g/mol. The van der Waals surface area contributed by atoms with E-state index >= 15 is 0 Å². The van der Waals surface area contributed by atoms with Crippen molar-refractivity contribution in [2.75, 3.05) is 31.8 Å². The topological polar surface area (TPSA) is 41.5 Å². The maximum Gasteiger partial charge on any atom is 0.0869 e. The van der Waals surface area contributed by atoms with E-state index in [9.17, 15) is 5.11 Å². The Balaban J connectivity index is 2.23. The first-order chi connectivity index (χ1) is 6.70. The van der Waals surface area contributed by atoms with Crippen molar-refractivity contribution in [1.82, 2.24) is 5.32 Å². The van der Waals surface area contributed by atoms with Gasteiger partial charge in [-0.2, -0.15) is 11.8 Å². The fourth-order valence-corrected chi connectivity index (χ4v) is 2.89. The van der Waals surface area contributed by atoms with Gasteiger partial charge in [0.15, 0.2) is 0 Å². The molecule has 0 unspecified atom stereocenters. The van der Waals surface area contributed by atoms with Gasteiger partial charge in [0.25, 0.3) is 0 Å². The van der Waals surface area contributed by atoms with Gasteiger partial charge in [-0.1, -0.05) is 6.92 Å². The lowest BCUT2D eigenvalue weighted by Crippen LogP contribution is -2.45. The zero-order chi connectivity index (χ0) is 10.4. The summed E-state index contributed by atoms with van der Waals surface area (Å²) in [6, 6.07) is 0.370. The second-order valence-electron chi connectivity index (χ2n) is 3.97. The highest BCUT2D eigenvalue weighted by Crippen LogP contribution is 2.27. The van der Waals surface area contributed by atoms with Crippen molar-refractivity contribution in [3.05, 3.63) is 0 Å². The van der Waals surface area contributed by atoms with E-state index < -0.39 is 5.60 Å². The molecule has 2 N–H and O–H groups in total. The first kappa shape index (κ1) is 12.3. The second-order valence-corrected chi connectivity index (χ2v) is 5.07. The maximum absolute atomic E-state index is 10.1. The predicted octanol–water partition coefficient (Wildman–Crippen LogP) is 0.869. The average molecular weight is 219 g/mol. The van der Waals surface area contributed by atoms with Crippen LogP contribution in [0.5, 0.6) is 0 Å². The zero-order valence-corrected chi connectivity index (χ0v) is 9.90. The van der Waals surface area contributed by atoms with Gasteiger partial charge in [-0.15, -0.1) is 0 Å². The van der Waals surface area contributed by atoms with Crippen LogP contribution in [0.15, 0.2) is 0 Å². The van der Waals surface area contributed by atoms with Crippen LogP contribution < -0.4 is 5.32 Å². The van der Waals surface area contributed by atoms with Crippen LogP contribution in [0.4, 0.5) is 0 Å². The number of nitrogens with one attached hydrogen (secondary N) is 1. The number of aliphatic hydroxyl groups is 1. The molecule has 1 aliphatic heterocycles. The van der Waals surface area contributed by atoms with Crippen LogP contribution in [0.3, 0.4) is 0 Å². The van der Waals surface area contributed by atoms with Gasteiger partial charge < -0.3 is 15.2 Å². The Kier molecular flexibility index (Phi) is 5.23. The summed E-state index contributed by atoms with van der Waals surface area (Å²) in [6.45, 7) is 3.55. The van der Waals surface area contributed by atoms with E-state index in [1.54, 1.807) is 7.11 Å². The molecule has 0 aromatic rings. The van der Waals surface area contributed by atoms with E-state index in [0.29, 0.717) is 12.6 Å². The molecule has 1 rings (SSSR count). The molecule has 1 aliphatic rings. The highest BCUT2D eigenvalue weighted by atomic mass is 32.2. The Labute approximate surface area is 90.6 Å². The van der Waals surface area contributed by atoms with Gasteiger partial charge in [0, 0.05) is 25.4 Å². The van der Waals surface area contributed by atoms with Crippen molar-refractivity contribution < 1.29 is 9.84 Å². The summed E-state index contributed by atoms with van der Waals surface area (Å²) in [5.74, 6) is 1.95. The summed E-state index contributed by atoms with van der Waals surface area (Å²) in [4.78, 5) is 0. The van der Waals surface area contributed by atoms with E-state index in [1.807, 2.05) is 11.8 Å². The Hall–Kier alpha value is 0.230. The minimum absolute atomic E-state index is 0.370. The summed E-state index contributed by atoms with van der Waals surface area (Å²) in [5, 5.41) is 13.4. The van der Waals surface area contributed by atoms with Crippen molar-refractivity contribution in [2.24, 2.45) is 0 Å². The first-order valence-electron chi connectivity index (χ1n) is 5.22. The highest BCUT2D eigenvalue weighted by molar-refractivity contribution is 7.99. The summed E-state index contributed by atoms with van der Waals surface area (Å²) in [7, 11) is 1.71. The molecule has 3 nitrogen and oxygen atoms in total. The van der Waals surface area contributed by atoms with E-state index in [4.69, 9.17) is 4.74 Å². The molecule has 1 fully saturated rings. The van der Waals surface area contributed by atoms with Gasteiger partial charge in [-0.25, -0.2) is 0 Å². The van der Waals surface area contributed by atoms with Crippen molar-refractivity contribution in [1.29, 1.82) is 0 Å². The molecule has 2 atom stereocenters. The molecule has 0 aromatic heterocycles. The molecule has 0 radical (unpaired) electrons. The number of hydrogen-bond acceptors (Lipinski definition) is 4. The number of methoxy groups -OCH3 is 1. The lowest BCUT2D eigenvalue weighted by Gasteiger charge is -2.25. The molecule has 0 bridgehead atoms. The number of ether oxygens (including phenoxy) is 1. The van der Waals surface area contributed by atoms with Gasteiger partial charge in [-0.05, 0) is 18.6 Å². The molecule has 0 aromatic carbocycles. The van der Waals surface area contributed by atoms with Crippen molar-refractivity contribution in [2.45, 2.75) is 31.4 Å². The summed E-state index contributed by atoms with van der Waals surface area (Å²) in [6.07, 6.45) is 1.95. The predicted molar refractivity (Wildman–Crippen MR) is 60.8 cm³/mol. The molecule has 0 aliphatic carbocycles. The van der Waals surface area contributed by atoms with E-state index in [0.717, 1.165) is 31.0 Å². The minimum Gasteiger partial charge on any atom is -0.388 e. The average Bonchev–Trinajstić information content (AvgIpc) is 2.60. The Morgan fingerprint density at radius 2 is 2.43 bits per heavy atom. The van der Waals surface area contributed by atoms with E-state index in [-0.39, 0.29) is 0 Å². The van der Waals surface area contributed by atoms with Crippen LogP contribution in [-0.2, 0) is 4.74 Å². The summed E-state index contributed by atoms with van der Waals surface area (Å²) < 4.78 is 5.09. The molecule has 1 saturated heterocycles. The smallest absolute Gasteiger partial charge is 0.0869 e. The third-order valence-electron chi connectivity index (χ3n) is 2.66. The first-order valence-corrected chi connectivity index (χ1v) is 6.38. The van der Waals surface area contributed by atoms with Crippen LogP contribution in [0.1, 0.15) is 19.8 Å². The molecule has 14 heavy (non-hydrogen) atoms. The van der Waals surface area contributed by atoms with Gasteiger partial charge in [0.2, 0.25) is 0 Å². The third-order valence-corrected chi connectivity index (χ3v) is 3.90. The Morgan fingerprint density at radius 3 is 2.93 bits per heavy atom. The highest BCUT2D eigenvalue weighted by Gasteiger charge is 2.31. The fourth-order valence-electron chi connectivity index (χ4n) is 1.59. The van der Waals surface area contributed by atoms with E-state index in [2.05, 4.69) is 12.2 Å². The summed E-state index contributed by atoms with van der Waals surface area (Å²) in [5.41, 5.74) is -0.480. The van der Waals surface area contributed by atoms with Crippen LogP contribution in [0.2, 0.25) is 0 Å². The lowest BCUT2D eigenvalue weighted by molar-refractivity contribution is 0.0588. The Morgan fingerprint density at radius 1 is 1.64 bits per heavy atom. The number of rotatable bonds is 6. The van der Waals surface area contributed by atoms with Crippen molar-refractivity contribution >= 4 is 11.8 Å². The molecule has 4 heteroatoms. The van der Waals surface area contributed by atoms with Crippen LogP contribution in [0, 0.1) is 0 Å². The second kappa shape index (κ2) is 5.95. The van der Waals surface area contributed by atoms with Gasteiger partial charge in [0.1, 0.15) is 0 Å². The van der Waals surface area contributed by atoms with Gasteiger partial charge in [0.05, 0.1) is 12.2 Å². The largest absolute Gasteiger partial charge is 0.388 e. The molecule has 0 amide bonds. The number of thioether (sulfide) groups is 1. The fraction of sp³-hybridized carbons (Fsp3) is 1.00. The molecular weight excluding hydrogens is 198 g/mol. The van der Waals surface area contributed by atoms with E-state index in [1.165, 1.54) is 0 Å². The summed E-state index contributed by atoms with van der Waals surface area (Å²) >= 11 is 1.83. The minimum atomic E-state index is -0.480. The Bertz CT molecular complexity index is 160. The van der Waals surface area contributed by atoms with Crippen molar-refractivity contribution in [3.8, 4) is 0 Å². The quantitative estimate of drug-likeness (QED) is 0.695. The maximum atomic E-state index is 10.1. The standard InChI is InChI=1S/C10H21NO2S/c1-3-9(6-13-2)11-7-10(12)4-5-14-8-10/h9,11-12H,3-8H2,1-2H3/t9-,10-/m0/s1. The molecule has 1 heterocycles. The molecule has 0 saturated carbocycles. The molecule has 84 valence electrons. The zero-order valence-electron chi connectivity index (χ0n) is 9.08. The van der Waals surface area contributed by atoms with Crippen LogP contribution in [0.25, 0.3) is 0 Å². The lowest BCUT2D eigenvalue weighted by atomic mass is 10.0. The normalized spacial score (nSPS) is 29.4. The number of hydrogen-bond donors (Lipinski definition) is 2. The van der Waals surface area contributed by atoms with Crippen LogP contribution >= 0.6 is 11.8 Å². The van der Waals surface area contributed by atoms with Crippen LogP contribution in [-0.4, -0.2) is 48.5 Å². The molecule has 0 spiro atoms. The SMILES string of the molecule is CC[C@@H](COC)NC[C@@]1(O)CCSC1. The van der Waals surface area contributed by atoms with Gasteiger partial charge in [-0.3, -0.25) is 0 Å².